The Bertz CT molecular complexity index is 484. The number of amides is 2. The maximum Gasteiger partial charge on any atom is 0.243 e. The minimum atomic E-state index is -0.253. The molecule has 0 unspecified atom stereocenters. The first-order valence-corrected chi connectivity index (χ1v) is 6.81. The Hall–Kier alpha value is -2.04. The van der Waals surface area contributed by atoms with Crippen molar-refractivity contribution in [2.24, 2.45) is 5.92 Å². The highest BCUT2D eigenvalue weighted by Crippen LogP contribution is 2.17. The summed E-state index contributed by atoms with van der Waals surface area (Å²) in [5, 5.41) is 5.35. The second kappa shape index (κ2) is 7.53. The van der Waals surface area contributed by atoms with Gasteiger partial charge in [-0.1, -0.05) is 19.9 Å². The van der Waals surface area contributed by atoms with Crippen molar-refractivity contribution in [3.05, 3.63) is 23.8 Å². The molecule has 2 amide bonds. The molecule has 5 nitrogen and oxygen atoms in total. The molecule has 1 rings (SSSR count). The Kier molecular flexibility index (Phi) is 6.03. The standard InChI is InChI=1S/C15H23N3O2/c1-10(2)4-7-14(19)17-9-15(20)18-13-8-12(16)6-5-11(13)3/h5-6,8,10H,4,7,9,16H2,1-3H3,(H,17,19)(H,18,20). The van der Waals surface area contributed by atoms with Crippen LogP contribution in [0.2, 0.25) is 0 Å². The molecule has 0 radical (unpaired) electrons. The van der Waals surface area contributed by atoms with Crippen molar-refractivity contribution in [2.45, 2.75) is 33.6 Å². The van der Waals surface area contributed by atoms with Crippen LogP contribution in [0, 0.1) is 12.8 Å². The summed E-state index contributed by atoms with van der Waals surface area (Å²) in [4.78, 5) is 23.3. The first-order chi connectivity index (χ1) is 9.38. The van der Waals surface area contributed by atoms with Gasteiger partial charge in [0.15, 0.2) is 0 Å². The molecule has 0 spiro atoms. The molecule has 20 heavy (non-hydrogen) atoms. The monoisotopic (exact) mass is 277 g/mol. The fourth-order valence-electron chi connectivity index (χ4n) is 1.66. The van der Waals surface area contributed by atoms with E-state index in [1.54, 1.807) is 12.1 Å². The van der Waals surface area contributed by atoms with Crippen LogP contribution in [-0.2, 0) is 9.59 Å². The molecule has 0 bridgehead atoms. The number of carbonyl (C=O) groups excluding carboxylic acids is 2. The van der Waals surface area contributed by atoms with Crippen LogP contribution in [0.3, 0.4) is 0 Å². The Morgan fingerprint density at radius 3 is 2.60 bits per heavy atom. The van der Waals surface area contributed by atoms with Crippen LogP contribution < -0.4 is 16.4 Å². The molecular formula is C15H23N3O2. The molecule has 110 valence electrons. The Balaban J connectivity index is 2.40. The maximum absolute atomic E-state index is 11.8. The molecule has 0 saturated heterocycles. The molecule has 0 atom stereocenters. The third-order valence-electron chi connectivity index (χ3n) is 2.93. The van der Waals surface area contributed by atoms with Crippen LogP contribution in [-0.4, -0.2) is 18.4 Å². The summed E-state index contributed by atoms with van der Waals surface area (Å²) in [6.45, 7) is 5.98. The number of hydrogen-bond donors (Lipinski definition) is 3. The van der Waals surface area contributed by atoms with E-state index in [9.17, 15) is 9.59 Å². The highest BCUT2D eigenvalue weighted by Gasteiger charge is 2.08. The van der Waals surface area contributed by atoms with Crippen LogP contribution in [0.1, 0.15) is 32.3 Å². The number of nitrogen functional groups attached to an aromatic ring is 1. The van der Waals surface area contributed by atoms with E-state index in [-0.39, 0.29) is 18.4 Å². The van der Waals surface area contributed by atoms with Gasteiger partial charge in [-0.2, -0.15) is 0 Å². The van der Waals surface area contributed by atoms with E-state index in [4.69, 9.17) is 5.73 Å². The van der Waals surface area contributed by atoms with Crippen LogP contribution in [0.5, 0.6) is 0 Å². The summed E-state index contributed by atoms with van der Waals surface area (Å²) >= 11 is 0. The normalized spacial score (nSPS) is 10.4. The third kappa shape index (κ3) is 5.73. The van der Waals surface area contributed by atoms with Crippen molar-refractivity contribution < 1.29 is 9.59 Å². The van der Waals surface area contributed by atoms with Gasteiger partial charge in [0.05, 0.1) is 6.54 Å². The topological polar surface area (TPSA) is 84.2 Å². The minimum Gasteiger partial charge on any atom is -0.399 e. The van der Waals surface area contributed by atoms with Gasteiger partial charge in [-0.3, -0.25) is 9.59 Å². The van der Waals surface area contributed by atoms with E-state index in [2.05, 4.69) is 24.5 Å². The Morgan fingerprint density at radius 1 is 1.25 bits per heavy atom. The van der Waals surface area contributed by atoms with Crippen molar-refractivity contribution in [3.8, 4) is 0 Å². The average molecular weight is 277 g/mol. The summed E-state index contributed by atoms with van der Waals surface area (Å²) in [6.07, 6.45) is 1.27. The van der Waals surface area contributed by atoms with Gasteiger partial charge in [0, 0.05) is 17.8 Å². The van der Waals surface area contributed by atoms with Gasteiger partial charge < -0.3 is 16.4 Å². The summed E-state index contributed by atoms with van der Waals surface area (Å²) in [6, 6.07) is 5.32. The molecule has 0 aliphatic carbocycles. The van der Waals surface area contributed by atoms with Gasteiger partial charge in [0.1, 0.15) is 0 Å². The predicted molar refractivity (Wildman–Crippen MR) is 81.3 cm³/mol. The van der Waals surface area contributed by atoms with Crippen molar-refractivity contribution in [3.63, 3.8) is 0 Å². The number of carbonyl (C=O) groups is 2. The van der Waals surface area contributed by atoms with Crippen molar-refractivity contribution >= 4 is 23.2 Å². The number of rotatable bonds is 6. The van der Waals surface area contributed by atoms with E-state index in [0.717, 1.165) is 12.0 Å². The number of nitrogens with one attached hydrogen (secondary N) is 2. The van der Waals surface area contributed by atoms with E-state index in [0.29, 0.717) is 23.7 Å². The van der Waals surface area contributed by atoms with Gasteiger partial charge >= 0.3 is 0 Å². The molecule has 0 saturated carbocycles. The quantitative estimate of drug-likeness (QED) is 0.696. The average Bonchev–Trinajstić information content (AvgIpc) is 2.38. The van der Waals surface area contributed by atoms with Crippen LogP contribution >= 0.6 is 0 Å². The maximum atomic E-state index is 11.8. The Morgan fingerprint density at radius 2 is 1.95 bits per heavy atom. The molecule has 0 aromatic heterocycles. The lowest BCUT2D eigenvalue weighted by atomic mass is 10.1. The first kappa shape index (κ1) is 16.0. The molecule has 1 aromatic rings. The largest absolute Gasteiger partial charge is 0.399 e. The van der Waals surface area contributed by atoms with Crippen molar-refractivity contribution in [1.82, 2.24) is 5.32 Å². The lowest BCUT2D eigenvalue weighted by Crippen LogP contribution is -2.33. The van der Waals surface area contributed by atoms with Crippen LogP contribution in [0.15, 0.2) is 18.2 Å². The summed E-state index contributed by atoms with van der Waals surface area (Å²) < 4.78 is 0. The van der Waals surface area contributed by atoms with E-state index in [1.165, 1.54) is 0 Å². The predicted octanol–water partition coefficient (Wildman–Crippen LogP) is 2.07. The molecule has 4 N–H and O–H groups in total. The number of aryl methyl sites for hydroxylation is 1. The zero-order valence-electron chi connectivity index (χ0n) is 12.3. The second-order valence-corrected chi connectivity index (χ2v) is 5.33. The molecule has 1 aromatic carbocycles. The van der Waals surface area contributed by atoms with Crippen molar-refractivity contribution in [2.75, 3.05) is 17.6 Å². The summed E-state index contributed by atoms with van der Waals surface area (Å²) in [7, 11) is 0. The van der Waals surface area contributed by atoms with E-state index in [1.807, 2.05) is 13.0 Å². The Labute approximate surface area is 119 Å². The highest BCUT2D eigenvalue weighted by molar-refractivity contribution is 5.95. The molecule has 0 aliphatic heterocycles. The smallest absolute Gasteiger partial charge is 0.243 e. The van der Waals surface area contributed by atoms with Crippen molar-refractivity contribution in [1.29, 1.82) is 0 Å². The molecule has 0 fully saturated rings. The molecule has 0 aliphatic rings. The lowest BCUT2D eigenvalue weighted by Gasteiger charge is -2.10. The zero-order chi connectivity index (χ0) is 15.1. The van der Waals surface area contributed by atoms with Gasteiger partial charge in [-0.15, -0.1) is 0 Å². The zero-order valence-corrected chi connectivity index (χ0v) is 12.3. The fourth-order valence-corrected chi connectivity index (χ4v) is 1.66. The van der Waals surface area contributed by atoms with Crippen LogP contribution in [0.25, 0.3) is 0 Å². The van der Waals surface area contributed by atoms with Crippen LogP contribution in [0.4, 0.5) is 11.4 Å². The van der Waals surface area contributed by atoms with Gasteiger partial charge in [0.2, 0.25) is 11.8 Å². The SMILES string of the molecule is Cc1ccc(N)cc1NC(=O)CNC(=O)CCC(C)C. The fraction of sp³-hybridized carbons (Fsp3) is 0.467. The third-order valence-corrected chi connectivity index (χ3v) is 2.93. The minimum absolute atomic E-state index is 0.0227. The number of benzene rings is 1. The first-order valence-electron chi connectivity index (χ1n) is 6.81. The van der Waals surface area contributed by atoms with Gasteiger partial charge in [-0.05, 0) is 37.0 Å². The number of anilines is 2. The van der Waals surface area contributed by atoms with Gasteiger partial charge in [0.25, 0.3) is 0 Å². The lowest BCUT2D eigenvalue weighted by molar-refractivity contribution is -0.124. The summed E-state index contributed by atoms with van der Waals surface area (Å²) in [5.74, 6) is 0.124. The molecular weight excluding hydrogens is 254 g/mol. The molecule has 0 heterocycles. The number of nitrogens with two attached hydrogens (primary N) is 1. The number of hydrogen-bond acceptors (Lipinski definition) is 3. The van der Waals surface area contributed by atoms with Gasteiger partial charge in [-0.25, -0.2) is 0 Å². The van der Waals surface area contributed by atoms with E-state index < -0.39 is 0 Å². The van der Waals surface area contributed by atoms with E-state index >= 15 is 0 Å². The highest BCUT2D eigenvalue weighted by atomic mass is 16.2. The molecule has 5 heteroatoms. The summed E-state index contributed by atoms with van der Waals surface area (Å²) in [5.41, 5.74) is 7.86. The second-order valence-electron chi connectivity index (χ2n) is 5.33.